The summed E-state index contributed by atoms with van der Waals surface area (Å²) in [7, 11) is -3.59. The van der Waals surface area contributed by atoms with Gasteiger partial charge in [0.05, 0.1) is 12.2 Å². The van der Waals surface area contributed by atoms with Crippen molar-refractivity contribution >= 4 is 16.1 Å². The van der Waals surface area contributed by atoms with Gasteiger partial charge in [0.1, 0.15) is 6.61 Å². The molecule has 1 N–H and O–H groups in total. The van der Waals surface area contributed by atoms with Crippen molar-refractivity contribution in [3.05, 3.63) is 35.9 Å². The Morgan fingerprint density at radius 3 is 2.56 bits per heavy atom. The highest BCUT2D eigenvalue weighted by Crippen LogP contribution is 2.37. The highest BCUT2D eigenvalue weighted by molar-refractivity contribution is 7.88. The van der Waals surface area contributed by atoms with E-state index in [9.17, 15) is 22.0 Å². The summed E-state index contributed by atoms with van der Waals surface area (Å²) < 4.78 is 58.3. The van der Waals surface area contributed by atoms with Crippen molar-refractivity contribution in [2.75, 3.05) is 25.9 Å². The van der Waals surface area contributed by atoms with Crippen LogP contribution in [0.15, 0.2) is 30.3 Å². The number of nitrogens with one attached hydrogen (secondary N) is 1. The Balaban J connectivity index is 1.99. The molecule has 0 spiro atoms. The van der Waals surface area contributed by atoms with Gasteiger partial charge in [-0.05, 0) is 5.56 Å². The number of ether oxygens (including phenoxy) is 1. The second-order valence-electron chi connectivity index (χ2n) is 6.34. The second-order valence-corrected chi connectivity index (χ2v) is 8.17. The lowest BCUT2D eigenvalue weighted by Gasteiger charge is -2.41. The third-order valence-electron chi connectivity index (χ3n) is 4.19. The van der Waals surface area contributed by atoms with Gasteiger partial charge >= 0.3 is 6.09 Å². The van der Waals surface area contributed by atoms with Gasteiger partial charge in [-0.25, -0.2) is 26.7 Å². The summed E-state index contributed by atoms with van der Waals surface area (Å²) in [6, 6.07) is 9.02. The first kappa shape index (κ1) is 19.6. The van der Waals surface area contributed by atoms with Gasteiger partial charge in [-0.1, -0.05) is 37.3 Å². The number of hydrogen-bond acceptors (Lipinski definition) is 4. The fourth-order valence-corrected chi connectivity index (χ4v) is 3.23. The van der Waals surface area contributed by atoms with E-state index in [0.717, 1.165) is 11.8 Å². The number of carbonyl (C=O) groups is 1. The van der Waals surface area contributed by atoms with E-state index in [0.29, 0.717) is 0 Å². The number of benzene rings is 1. The van der Waals surface area contributed by atoms with E-state index in [2.05, 4.69) is 4.72 Å². The van der Waals surface area contributed by atoms with Gasteiger partial charge in [0.25, 0.3) is 5.92 Å². The van der Waals surface area contributed by atoms with E-state index in [-0.39, 0.29) is 19.7 Å². The first-order valence-corrected chi connectivity index (χ1v) is 9.77. The molecule has 0 saturated carbocycles. The summed E-state index contributed by atoms with van der Waals surface area (Å²) in [6.07, 6.45) is 0.221. The molecule has 6 nitrogen and oxygen atoms in total. The zero-order valence-electron chi connectivity index (χ0n) is 14.1. The number of carbonyl (C=O) groups excluding carboxylic acids is 1. The third-order valence-corrected chi connectivity index (χ3v) is 4.88. The largest absolute Gasteiger partial charge is 0.445 e. The number of hydrogen-bond donors (Lipinski definition) is 1. The molecule has 1 heterocycles. The molecule has 2 unspecified atom stereocenters. The molecule has 1 aromatic rings. The molecule has 1 aromatic carbocycles. The fourth-order valence-electron chi connectivity index (χ4n) is 2.73. The lowest BCUT2D eigenvalue weighted by molar-refractivity contribution is -0.138. The molecule has 1 saturated heterocycles. The molecule has 2 rings (SSSR count). The average molecular weight is 376 g/mol. The number of halogens is 2. The smallest absolute Gasteiger partial charge is 0.410 e. The van der Waals surface area contributed by atoms with Gasteiger partial charge in [-0.15, -0.1) is 0 Å². The van der Waals surface area contributed by atoms with Gasteiger partial charge < -0.3 is 9.64 Å². The normalized spacial score (nSPS) is 23.3. The predicted octanol–water partition coefficient (Wildman–Crippen LogP) is 2.08. The highest BCUT2D eigenvalue weighted by Gasteiger charge is 2.50. The molecule has 2 atom stereocenters. The number of rotatable bonds is 5. The van der Waals surface area contributed by atoms with Crippen molar-refractivity contribution in [1.29, 1.82) is 0 Å². The van der Waals surface area contributed by atoms with E-state index >= 15 is 0 Å². The molecular formula is C16H22F2N2O4S. The van der Waals surface area contributed by atoms with Crippen LogP contribution >= 0.6 is 0 Å². The molecule has 9 heteroatoms. The Bertz CT molecular complexity index is 697. The Morgan fingerprint density at radius 1 is 1.32 bits per heavy atom. The average Bonchev–Trinajstić information content (AvgIpc) is 2.54. The second kappa shape index (κ2) is 7.65. The van der Waals surface area contributed by atoms with Crippen molar-refractivity contribution in [1.82, 2.24) is 9.62 Å². The third kappa shape index (κ3) is 5.37. The molecule has 1 aliphatic rings. The van der Waals surface area contributed by atoms with E-state index in [4.69, 9.17) is 4.74 Å². The number of piperidine rings is 1. The van der Waals surface area contributed by atoms with Gasteiger partial charge in [-0.3, -0.25) is 0 Å². The van der Waals surface area contributed by atoms with Crippen LogP contribution in [0.5, 0.6) is 0 Å². The number of likely N-dealkylation sites (tertiary alicyclic amines) is 1. The molecule has 0 radical (unpaired) electrons. The number of nitrogens with zero attached hydrogens (tertiary/aromatic N) is 1. The standard InChI is InChI=1S/C16H22F2N2O4S/c1-12-9-20(15(21)24-11-13-6-4-3-5-7-13)10-14(16(12,17)18)8-19-25(2,22)23/h3-7,12,14,19H,8-11H2,1-2H3. The van der Waals surface area contributed by atoms with Gasteiger partial charge in [0, 0.05) is 25.6 Å². The zero-order chi connectivity index (χ0) is 18.7. The van der Waals surface area contributed by atoms with Crippen LogP contribution in [0.2, 0.25) is 0 Å². The van der Waals surface area contributed by atoms with Crippen molar-refractivity contribution < 1.29 is 26.7 Å². The van der Waals surface area contributed by atoms with E-state index in [1.807, 2.05) is 6.07 Å². The lowest BCUT2D eigenvalue weighted by Crippen LogP contribution is -2.57. The monoisotopic (exact) mass is 376 g/mol. The van der Waals surface area contributed by atoms with Crippen LogP contribution in [-0.4, -0.2) is 51.2 Å². The summed E-state index contributed by atoms with van der Waals surface area (Å²) in [4.78, 5) is 13.4. The minimum Gasteiger partial charge on any atom is -0.445 e. The number of amides is 1. The Labute approximate surface area is 146 Å². The summed E-state index contributed by atoms with van der Waals surface area (Å²) in [5.41, 5.74) is 0.793. The summed E-state index contributed by atoms with van der Waals surface area (Å²) in [6.45, 7) is 0.541. The van der Waals surface area contributed by atoms with Crippen molar-refractivity contribution in [2.24, 2.45) is 11.8 Å². The van der Waals surface area contributed by atoms with Crippen LogP contribution in [0.3, 0.4) is 0 Å². The molecule has 0 aromatic heterocycles. The molecule has 0 aliphatic carbocycles. The first-order chi connectivity index (χ1) is 11.6. The Kier molecular flexibility index (Phi) is 5.99. The molecule has 1 amide bonds. The van der Waals surface area contributed by atoms with E-state index in [1.54, 1.807) is 24.3 Å². The maximum Gasteiger partial charge on any atom is 0.410 e. The van der Waals surface area contributed by atoms with Crippen molar-refractivity contribution in [3.63, 3.8) is 0 Å². The van der Waals surface area contributed by atoms with Crippen LogP contribution in [-0.2, 0) is 21.4 Å². The molecule has 25 heavy (non-hydrogen) atoms. The summed E-state index contributed by atoms with van der Waals surface area (Å²) in [5.74, 6) is -5.49. The van der Waals surface area contributed by atoms with E-state index in [1.165, 1.54) is 11.8 Å². The maximum atomic E-state index is 14.3. The van der Waals surface area contributed by atoms with Crippen LogP contribution in [0.25, 0.3) is 0 Å². The minimum absolute atomic E-state index is 0.0488. The zero-order valence-corrected chi connectivity index (χ0v) is 14.9. The SMILES string of the molecule is CC1CN(C(=O)OCc2ccccc2)CC(CNS(C)(=O)=O)C1(F)F. The van der Waals surface area contributed by atoms with Crippen molar-refractivity contribution in [2.45, 2.75) is 19.5 Å². The van der Waals surface area contributed by atoms with Gasteiger partial charge in [0.15, 0.2) is 0 Å². The van der Waals surface area contributed by atoms with Crippen molar-refractivity contribution in [3.8, 4) is 0 Å². The quantitative estimate of drug-likeness (QED) is 0.854. The molecule has 1 fully saturated rings. The molecule has 1 aliphatic heterocycles. The Morgan fingerprint density at radius 2 is 1.96 bits per heavy atom. The van der Waals surface area contributed by atoms with Crippen LogP contribution in [0.4, 0.5) is 13.6 Å². The predicted molar refractivity (Wildman–Crippen MR) is 88.6 cm³/mol. The summed E-state index contributed by atoms with van der Waals surface area (Å²) in [5, 5.41) is 0. The lowest BCUT2D eigenvalue weighted by atomic mass is 9.86. The first-order valence-electron chi connectivity index (χ1n) is 7.87. The van der Waals surface area contributed by atoms with Crippen LogP contribution < -0.4 is 4.72 Å². The topological polar surface area (TPSA) is 75.7 Å². The summed E-state index contributed by atoms with van der Waals surface area (Å²) >= 11 is 0. The molecule has 0 bridgehead atoms. The highest BCUT2D eigenvalue weighted by atomic mass is 32.2. The molecule has 140 valence electrons. The minimum atomic E-state index is -3.59. The van der Waals surface area contributed by atoms with E-state index < -0.39 is 40.4 Å². The maximum absolute atomic E-state index is 14.3. The fraction of sp³-hybridized carbons (Fsp3) is 0.562. The molecular weight excluding hydrogens is 354 g/mol. The van der Waals surface area contributed by atoms with Crippen LogP contribution in [0, 0.1) is 11.8 Å². The number of sulfonamides is 1. The number of alkyl halides is 2. The van der Waals surface area contributed by atoms with Gasteiger partial charge in [-0.2, -0.15) is 0 Å². The van der Waals surface area contributed by atoms with Crippen LogP contribution in [0.1, 0.15) is 12.5 Å². The Hall–Kier alpha value is -1.74. The van der Waals surface area contributed by atoms with Gasteiger partial charge in [0.2, 0.25) is 10.0 Å².